The Morgan fingerprint density at radius 2 is 2.50 bits per heavy atom. The monoisotopic (exact) mass is 285 g/mol. The number of halogens is 1. The van der Waals surface area contributed by atoms with Crippen LogP contribution in [0.5, 0.6) is 0 Å². The third-order valence-electron chi connectivity index (χ3n) is 2.89. The molecule has 1 aromatic rings. The second-order valence-corrected chi connectivity index (χ2v) is 4.90. The topological polar surface area (TPSA) is 60.2 Å². The predicted octanol–water partition coefficient (Wildman–Crippen LogP) is 2.18. The third-order valence-corrected chi connectivity index (χ3v) is 3.86. The summed E-state index contributed by atoms with van der Waals surface area (Å²) in [6, 6.07) is 0. The quantitative estimate of drug-likeness (QED) is 0.894. The van der Waals surface area contributed by atoms with E-state index in [0.717, 1.165) is 42.0 Å². The van der Waals surface area contributed by atoms with Crippen LogP contribution in [0.15, 0.2) is 10.7 Å². The van der Waals surface area contributed by atoms with Crippen molar-refractivity contribution in [3.63, 3.8) is 0 Å². The molecular weight excluding hydrogens is 270 g/mol. The number of nitrogens with two attached hydrogens (primary N) is 1. The Balaban J connectivity index is 2.01. The summed E-state index contributed by atoms with van der Waals surface area (Å²) < 4.78 is 6.28. The minimum absolute atomic E-state index is 0.589. The number of hydrogen-bond donors (Lipinski definition) is 2. The van der Waals surface area contributed by atoms with Gasteiger partial charge in [-0.25, -0.2) is 4.98 Å². The van der Waals surface area contributed by atoms with Crippen LogP contribution in [-0.4, -0.2) is 24.7 Å². The zero-order chi connectivity index (χ0) is 11.5. The fraction of sp³-hybridized carbons (Fsp3) is 0.545. The molecule has 0 spiro atoms. The number of rotatable bonds is 3. The van der Waals surface area contributed by atoms with Crippen molar-refractivity contribution in [1.82, 2.24) is 4.98 Å². The fourth-order valence-electron chi connectivity index (χ4n) is 1.70. The van der Waals surface area contributed by atoms with Crippen molar-refractivity contribution >= 4 is 27.4 Å². The van der Waals surface area contributed by atoms with Crippen molar-refractivity contribution in [3.8, 4) is 0 Å². The minimum atomic E-state index is 0.589. The number of ether oxygens (including phenoxy) is 1. The highest BCUT2D eigenvalue weighted by Crippen LogP contribution is 2.28. The smallest absolute Gasteiger partial charge is 0.140 e. The molecule has 1 unspecified atom stereocenters. The zero-order valence-electron chi connectivity index (χ0n) is 9.29. The summed E-state index contributed by atoms with van der Waals surface area (Å²) in [6.07, 6.45) is 2.81. The molecule has 0 amide bonds. The van der Waals surface area contributed by atoms with Crippen molar-refractivity contribution in [3.05, 3.63) is 16.2 Å². The SMILES string of the molecule is Cc1c(N)cnc(NCC2CCOC2)c1Br. The lowest BCUT2D eigenvalue weighted by atomic mass is 10.1. The molecule has 0 aromatic carbocycles. The summed E-state index contributed by atoms with van der Waals surface area (Å²) >= 11 is 3.50. The second-order valence-electron chi connectivity index (χ2n) is 4.11. The van der Waals surface area contributed by atoms with Crippen LogP contribution >= 0.6 is 15.9 Å². The van der Waals surface area contributed by atoms with E-state index in [0.29, 0.717) is 11.6 Å². The first-order valence-corrected chi connectivity index (χ1v) is 6.20. The number of aromatic nitrogens is 1. The van der Waals surface area contributed by atoms with Gasteiger partial charge in [-0.1, -0.05) is 0 Å². The molecule has 2 heterocycles. The van der Waals surface area contributed by atoms with Crippen LogP contribution in [0.1, 0.15) is 12.0 Å². The van der Waals surface area contributed by atoms with Crippen LogP contribution in [0.3, 0.4) is 0 Å². The van der Waals surface area contributed by atoms with Gasteiger partial charge in [0.25, 0.3) is 0 Å². The van der Waals surface area contributed by atoms with E-state index in [1.165, 1.54) is 0 Å². The van der Waals surface area contributed by atoms with Gasteiger partial charge in [-0.15, -0.1) is 0 Å². The maximum Gasteiger partial charge on any atom is 0.140 e. The molecule has 3 N–H and O–H groups in total. The van der Waals surface area contributed by atoms with Crippen LogP contribution in [0.2, 0.25) is 0 Å². The predicted molar refractivity (Wildman–Crippen MR) is 68.5 cm³/mol. The minimum Gasteiger partial charge on any atom is -0.397 e. The Morgan fingerprint density at radius 3 is 3.19 bits per heavy atom. The van der Waals surface area contributed by atoms with Gasteiger partial charge < -0.3 is 15.8 Å². The highest BCUT2D eigenvalue weighted by molar-refractivity contribution is 9.10. The molecule has 1 aromatic heterocycles. The highest BCUT2D eigenvalue weighted by Gasteiger charge is 2.16. The maximum atomic E-state index is 5.77. The summed E-state index contributed by atoms with van der Waals surface area (Å²) in [5, 5.41) is 3.33. The Labute approximate surface area is 104 Å². The van der Waals surface area contributed by atoms with Gasteiger partial charge in [0.1, 0.15) is 5.82 Å². The van der Waals surface area contributed by atoms with E-state index in [2.05, 4.69) is 26.2 Å². The number of nitrogens with zero attached hydrogens (tertiary/aromatic N) is 1. The first-order valence-electron chi connectivity index (χ1n) is 5.40. The lowest BCUT2D eigenvalue weighted by Crippen LogP contribution is -2.15. The van der Waals surface area contributed by atoms with E-state index in [4.69, 9.17) is 10.5 Å². The van der Waals surface area contributed by atoms with Gasteiger partial charge in [0, 0.05) is 19.1 Å². The molecule has 0 radical (unpaired) electrons. The van der Waals surface area contributed by atoms with Crippen LogP contribution in [-0.2, 0) is 4.74 Å². The average Bonchev–Trinajstić information content (AvgIpc) is 2.78. The number of nitrogen functional groups attached to an aromatic ring is 1. The van der Waals surface area contributed by atoms with Gasteiger partial charge in [-0.05, 0) is 34.8 Å². The second kappa shape index (κ2) is 5.01. The van der Waals surface area contributed by atoms with Gasteiger partial charge >= 0.3 is 0 Å². The molecular formula is C11H16BrN3O. The van der Waals surface area contributed by atoms with Crippen LogP contribution in [0.25, 0.3) is 0 Å². The molecule has 88 valence electrons. The van der Waals surface area contributed by atoms with E-state index in [-0.39, 0.29) is 0 Å². The molecule has 0 aliphatic carbocycles. The number of pyridine rings is 1. The van der Waals surface area contributed by atoms with E-state index >= 15 is 0 Å². The molecule has 2 rings (SSSR count). The number of anilines is 2. The first-order chi connectivity index (χ1) is 7.68. The van der Waals surface area contributed by atoms with Crippen molar-refractivity contribution < 1.29 is 4.74 Å². The highest BCUT2D eigenvalue weighted by atomic mass is 79.9. The maximum absolute atomic E-state index is 5.77. The standard InChI is InChI=1S/C11H16BrN3O/c1-7-9(13)5-15-11(10(7)12)14-4-8-2-3-16-6-8/h5,8H,2-4,6,13H2,1H3,(H,14,15). The lowest BCUT2D eigenvalue weighted by molar-refractivity contribution is 0.187. The molecule has 0 saturated carbocycles. The Hall–Kier alpha value is -0.810. The Kier molecular flexibility index (Phi) is 3.66. The van der Waals surface area contributed by atoms with Crippen LogP contribution in [0.4, 0.5) is 11.5 Å². The van der Waals surface area contributed by atoms with Gasteiger partial charge in [0.05, 0.1) is 23.0 Å². The molecule has 0 bridgehead atoms. The van der Waals surface area contributed by atoms with Crippen molar-refractivity contribution in [1.29, 1.82) is 0 Å². The van der Waals surface area contributed by atoms with Gasteiger partial charge in [0.2, 0.25) is 0 Å². The molecule has 1 aliphatic heterocycles. The zero-order valence-corrected chi connectivity index (χ0v) is 10.9. The first kappa shape index (κ1) is 11.7. The fourth-order valence-corrected chi connectivity index (χ4v) is 2.17. The summed E-state index contributed by atoms with van der Waals surface area (Å²) in [7, 11) is 0. The van der Waals surface area contributed by atoms with E-state index < -0.39 is 0 Å². The summed E-state index contributed by atoms with van der Waals surface area (Å²) in [4.78, 5) is 4.28. The third kappa shape index (κ3) is 2.47. The summed E-state index contributed by atoms with van der Waals surface area (Å²) in [5.74, 6) is 1.45. The Bertz CT molecular complexity index is 378. The van der Waals surface area contributed by atoms with E-state index in [1.807, 2.05) is 6.92 Å². The Morgan fingerprint density at radius 1 is 1.69 bits per heavy atom. The van der Waals surface area contributed by atoms with Crippen molar-refractivity contribution in [2.75, 3.05) is 30.8 Å². The molecule has 4 nitrogen and oxygen atoms in total. The lowest BCUT2D eigenvalue weighted by Gasteiger charge is -2.13. The molecule has 1 fully saturated rings. The summed E-state index contributed by atoms with van der Waals surface area (Å²) in [5.41, 5.74) is 7.51. The number of nitrogens with one attached hydrogen (secondary N) is 1. The van der Waals surface area contributed by atoms with Gasteiger partial charge in [-0.3, -0.25) is 0 Å². The largest absolute Gasteiger partial charge is 0.397 e. The summed E-state index contributed by atoms with van der Waals surface area (Å²) in [6.45, 7) is 4.60. The van der Waals surface area contributed by atoms with Crippen molar-refractivity contribution in [2.45, 2.75) is 13.3 Å². The number of hydrogen-bond acceptors (Lipinski definition) is 4. The van der Waals surface area contributed by atoms with E-state index in [9.17, 15) is 0 Å². The van der Waals surface area contributed by atoms with Gasteiger partial charge in [-0.2, -0.15) is 0 Å². The van der Waals surface area contributed by atoms with Gasteiger partial charge in [0.15, 0.2) is 0 Å². The molecule has 16 heavy (non-hydrogen) atoms. The molecule has 1 atom stereocenters. The normalized spacial score (nSPS) is 20.0. The molecule has 1 aliphatic rings. The van der Waals surface area contributed by atoms with Crippen LogP contribution < -0.4 is 11.1 Å². The average molecular weight is 286 g/mol. The van der Waals surface area contributed by atoms with E-state index in [1.54, 1.807) is 6.20 Å². The van der Waals surface area contributed by atoms with Crippen molar-refractivity contribution in [2.24, 2.45) is 5.92 Å². The molecule has 5 heteroatoms. The molecule has 1 saturated heterocycles. The van der Waals surface area contributed by atoms with Crippen LogP contribution in [0, 0.1) is 12.8 Å².